The van der Waals surface area contributed by atoms with Crippen LogP contribution in [0.4, 0.5) is 4.79 Å². The minimum atomic E-state index is -0.0950. The van der Waals surface area contributed by atoms with Crippen LogP contribution in [-0.4, -0.2) is 31.8 Å². The summed E-state index contributed by atoms with van der Waals surface area (Å²) in [5.41, 5.74) is 7.46. The van der Waals surface area contributed by atoms with Crippen LogP contribution in [0.2, 0.25) is 0 Å². The zero-order valence-corrected chi connectivity index (χ0v) is 13.6. The topological polar surface area (TPSA) is 74.4 Å². The number of hydrogen-bond donors (Lipinski definition) is 4. The Balaban J connectivity index is 1.40. The Morgan fingerprint density at radius 2 is 2.26 bits per heavy atom. The molecule has 2 aliphatic rings. The lowest BCUT2D eigenvalue weighted by atomic mass is 9.98. The van der Waals surface area contributed by atoms with E-state index in [0.29, 0.717) is 25.1 Å². The molecule has 3 atom stereocenters. The quantitative estimate of drug-likeness (QED) is 0.624. The lowest BCUT2D eigenvalue weighted by molar-refractivity contribution is 0.223. The first-order chi connectivity index (χ1) is 11.2. The molecule has 6 heteroatoms. The number of fused-ring (bicyclic) bond motifs is 1. The highest BCUT2D eigenvalue weighted by Crippen LogP contribution is 2.31. The second kappa shape index (κ2) is 7.66. The standard InChI is InChI=1S/C17H26N4O2/c1-12-13(11-19-21-12)5-4-9-18-17(22)20-15-8-10-23-16-7-3-2-6-14(15)16/h2-3,6-7,12-13,15,19,21H,4-5,8-11H2,1H3,(H2,18,20,22). The first-order valence-electron chi connectivity index (χ1n) is 8.48. The van der Waals surface area contributed by atoms with Crippen molar-refractivity contribution in [2.75, 3.05) is 19.7 Å². The number of ether oxygens (including phenoxy) is 1. The Hall–Kier alpha value is -1.79. The predicted octanol–water partition coefficient (Wildman–Crippen LogP) is 1.70. The van der Waals surface area contributed by atoms with Crippen molar-refractivity contribution < 1.29 is 9.53 Å². The fourth-order valence-corrected chi connectivity index (χ4v) is 3.27. The number of carbonyl (C=O) groups is 1. The maximum absolute atomic E-state index is 12.1. The van der Waals surface area contributed by atoms with Gasteiger partial charge in [-0.25, -0.2) is 4.79 Å². The lowest BCUT2D eigenvalue weighted by Gasteiger charge is -2.26. The SMILES string of the molecule is CC1NNCC1CCCNC(=O)NC1CCOc2ccccc21. The summed E-state index contributed by atoms with van der Waals surface area (Å²) in [5, 5.41) is 6.03. The first kappa shape index (κ1) is 16.1. The smallest absolute Gasteiger partial charge is 0.315 e. The minimum absolute atomic E-state index is 0.0307. The summed E-state index contributed by atoms with van der Waals surface area (Å²) in [6.07, 6.45) is 2.92. The van der Waals surface area contributed by atoms with E-state index in [4.69, 9.17) is 4.74 Å². The Morgan fingerprint density at radius 1 is 1.39 bits per heavy atom. The molecule has 126 valence electrons. The number of hydrogen-bond acceptors (Lipinski definition) is 4. The van der Waals surface area contributed by atoms with Crippen molar-refractivity contribution in [3.63, 3.8) is 0 Å². The predicted molar refractivity (Wildman–Crippen MR) is 89.2 cm³/mol. The van der Waals surface area contributed by atoms with Crippen LogP contribution in [0.5, 0.6) is 5.75 Å². The summed E-state index contributed by atoms with van der Waals surface area (Å²) in [6.45, 7) is 4.54. The second-order valence-corrected chi connectivity index (χ2v) is 6.34. The highest BCUT2D eigenvalue weighted by Gasteiger charge is 2.23. The Morgan fingerprint density at radius 3 is 3.09 bits per heavy atom. The second-order valence-electron chi connectivity index (χ2n) is 6.34. The van der Waals surface area contributed by atoms with Crippen molar-refractivity contribution in [3.8, 4) is 5.75 Å². The van der Waals surface area contributed by atoms with Gasteiger partial charge in [0.15, 0.2) is 0 Å². The summed E-state index contributed by atoms with van der Waals surface area (Å²) < 4.78 is 5.62. The molecule has 2 amide bonds. The number of para-hydroxylation sites is 1. The molecule has 6 nitrogen and oxygen atoms in total. The molecule has 23 heavy (non-hydrogen) atoms. The van der Waals surface area contributed by atoms with Crippen molar-refractivity contribution in [1.29, 1.82) is 0 Å². The van der Waals surface area contributed by atoms with Crippen molar-refractivity contribution in [2.24, 2.45) is 5.92 Å². The van der Waals surface area contributed by atoms with Crippen molar-refractivity contribution >= 4 is 6.03 Å². The van der Waals surface area contributed by atoms with Gasteiger partial charge in [-0.05, 0) is 31.7 Å². The van der Waals surface area contributed by atoms with Gasteiger partial charge in [-0.3, -0.25) is 10.9 Å². The van der Waals surface area contributed by atoms with E-state index in [1.165, 1.54) is 0 Å². The number of urea groups is 1. The highest BCUT2D eigenvalue weighted by atomic mass is 16.5. The summed E-state index contributed by atoms with van der Waals surface area (Å²) >= 11 is 0. The molecule has 0 aromatic heterocycles. The van der Waals surface area contributed by atoms with Crippen LogP contribution in [0.15, 0.2) is 24.3 Å². The van der Waals surface area contributed by atoms with E-state index in [1.807, 2.05) is 24.3 Å². The first-order valence-corrected chi connectivity index (χ1v) is 8.48. The van der Waals surface area contributed by atoms with Gasteiger partial charge < -0.3 is 15.4 Å². The maximum Gasteiger partial charge on any atom is 0.315 e. The molecular weight excluding hydrogens is 292 g/mol. The van der Waals surface area contributed by atoms with Crippen molar-refractivity contribution in [3.05, 3.63) is 29.8 Å². The number of hydrazine groups is 1. The van der Waals surface area contributed by atoms with Crippen LogP contribution in [0.25, 0.3) is 0 Å². The molecule has 2 aliphatic heterocycles. The average molecular weight is 318 g/mol. The van der Waals surface area contributed by atoms with Gasteiger partial charge in [0.2, 0.25) is 0 Å². The molecule has 1 fully saturated rings. The van der Waals surface area contributed by atoms with E-state index >= 15 is 0 Å². The van der Waals surface area contributed by atoms with E-state index in [-0.39, 0.29) is 12.1 Å². The normalized spacial score (nSPS) is 26.2. The van der Waals surface area contributed by atoms with E-state index in [2.05, 4.69) is 28.4 Å². The molecule has 0 aliphatic carbocycles. The number of nitrogens with one attached hydrogen (secondary N) is 4. The van der Waals surface area contributed by atoms with Gasteiger partial charge in [-0.2, -0.15) is 0 Å². The van der Waals surface area contributed by atoms with Crippen molar-refractivity contribution in [1.82, 2.24) is 21.5 Å². The molecule has 1 aromatic rings. The van der Waals surface area contributed by atoms with Gasteiger partial charge in [-0.15, -0.1) is 0 Å². The zero-order chi connectivity index (χ0) is 16.1. The molecule has 1 aromatic carbocycles. The molecule has 3 unspecified atom stereocenters. The van der Waals surface area contributed by atoms with Crippen LogP contribution in [0.1, 0.15) is 37.8 Å². The molecule has 3 rings (SSSR count). The van der Waals surface area contributed by atoms with Gasteiger partial charge >= 0.3 is 6.03 Å². The molecule has 0 radical (unpaired) electrons. The third-order valence-corrected chi connectivity index (χ3v) is 4.70. The average Bonchev–Trinajstić information content (AvgIpc) is 2.97. The van der Waals surface area contributed by atoms with Crippen molar-refractivity contribution in [2.45, 2.75) is 38.3 Å². The molecule has 2 heterocycles. The van der Waals surface area contributed by atoms with Crippen LogP contribution in [-0.2, 0) is 0 Å². The Kier molecular flexibility index (Phi) is 5.35. The fraction of sp³-hybridized carbons (Fsp3) is 0.588. The van der Waals surface area contributed by atoms with E-state index in [1.54, 1.807) is 0 Å². The third kappa shape index (κ3) is 4.14. The van der Waals surface area contributed by atoms with E-state index < -0.39 is 0 Å². The number of rotatable bonds is 5. The number of benzene rings is 1. The molecule has 0 bridgehead atoms. The van der Waals surface area contributed by atoms with Gasteiger partial charge in [0.05, 0.1) is 12.6 Å². The van der Waals surface area contributed by atoms with Crippen LogP contribution in [0, 0.1) is 5.92 Å². The summed E-state index contributed by atoms with van der Waals surface area (Å²) in [7, 11) is 0. The molecule has 0 spiro atoms. The number of amides is 2. The van der Waals surface area contributed by atoms with Crippen LogP contribution < -0.4 is 26.2 Å². The lowest BCUT2D eigenvalue weighted by Crippen LogP contribution is -2.40. The fourth-order valence-electron chi connectivity index (χ4n) is 3.27. The van der Waals surface area contributed by atoms with Gasteiger partial charge in [0.25, 0.3) is 0 Å². The molecule has 1 saturated heterocycles. The van der Waals surface area contributed by atoms with Gasteiger partial charge in [0.1, 0.15) is 5.75 Å². The summed E-state index contributed by atoms with van der Waals surface area (Å²) in [6, 6.07) is 8.33. The zero-order valence-electron chi connectivity index (χ0n) is 13.6. The van der Waals surface area contributed by atoms with Gasteiger partial charge in [0, 0.05) is 31.1 Å². The summed E-state index contributed by atoms with van der Waals surface area (Å²) in [5.74, 6) is 1.52. The third-order valence-electron chi connectivity index (χ3n) is 4.70. The molecule has 4 N–H and O–H groups in total. The summed E-state index contributed by atoms with van der Waals surface area (Å²) in [4.78, 5) is 12.1. The van der Waals surface area contributed by atoms with E-state index in [0.717, 1.165) is 37.1 Å². The van der Waals surface area contributed by atoms with Gasteiger partial charge in [-0.1, -0.05) is 18.2 Å². The molecular formula is C17H26N4O2. The monoisotopic (exact) mass is 318 g/mol. The minimum Gasteiger partial charge on any atom is -0.493 e. The van der Waals surface area contributed by atoms with E-state index in [9.17, 15) is 4.79 Å². The maximum atomic E-state index is 12.1. The molecule has 0 saturated carbocycles. The van der Waals surface area contributed by atoms with Crippen LogP contribution in [0.3, 0.4) is 0 Å². The van der Waals surface area contributed by atoms with Crippen LogP contribution >= 0.6 is 0 Å². The highest BCUT2D eigenvalue weighted by molar-refractivity contribution is 5.74. The number of carbonyl (C=O) groups excluding carboxylic acids is 1. The Bertz CT molecular complexity index is 537. The largest absolute Gasteiger partial charge is 0.493 e. The Labute approximate surface area is 137 Å².